The van der Waals surface area contributed by atoms with E-state index in [1.54, 1.807) is 18.2 Å². The molecule has 0 aliphatic carbocycles. The van der Waals surface area contributed by atoms with Crippen molar-refractivity contribution in [1.82, 2.24) is 4.90 Å². The van der Waals surface area contributed by atoms with Crippen molar-refractivity contribution in [3.05, 3.63) is 88.6 Å². The highest BCUT2D eigenvalue weighted by molar-refractivity contribution is 8.18. The van der Waals surface area contributed by atoms with Crippen LogP contribution in [0.5, 0.6) is 0 Å². The lowest BCUT2D eigenvalue weighted by atomic mass is 10.0. The molecule has 3 aromatic rings. The Labute approximate surface area is 154 Å². The summed E-state index contributed by atoms with van der Waals surface area (Å²) in [7, 11) is 0. The van der Waals surface area contributed by atoms with Gasteiger partial charge in [0.1, 0.15) is 5.82 Å². The summed E-state index contributed by atoms with van der Waals surface area (Å²) in [5, 5.41) is 1.80. The van der Waals surface area contributed by atoms with Crippen molar-refractivity contribution in [3.8, 4) is 0 Å². The van der Waals surface area contributed by atoms with Gasteiger partial charge < -0.3 is 0 Å². The number of carbonyl (C=O) groups is 2. The number of carbonyl (C=O) groups excluding carboxylic acids is 2. The first kappa shape index (κ1) is 16.5. The number of fused-ring (bicyclic) bond motifs is 1. The molecule has 1 heterocycles. The molecule has 1 aliphatic heterocycles. The Balaban J connectivity index is 1.62. The predicted molar refractivity (Wildman–Crippen MR) is 102 cm³/mol. The van der Waals surface area contributed by atoms with Gasteiger partial charge in [-0.1, -0.05) is 54.6 Å². The largest absolute Gasteiger partial charge is 0.293 e. The van der Waals surface area contributed by atoms with E-state index in [1.807, 2.05) is 42.5 Å². The fourth-order valence-electron chi connectivity index (χ4n) is 2.95. The second-order valence-corrected chi connectivity index (χ2v) is 6.95. The Hall–Kier alpha value is -2.92. The van der Waals surface area contributed by atoms with Crippen LogP contribution in [0.4, 0.5) is 9.18 Å². The van der Waals surface area contributed by atoms with E-state index in [0.29, 0.717) is 10.5 Å². The van der Waals surface area contributed by atoms with Crippen molar-refractivity contribution in [2.45, 2.75) is 6.54 Å². The zero-order valence-corrected chi connectivity index (χ0v) is 14.5. The van der Waals surface area contributed by atoms with E-state index < -0.39 is 0 Å². The molecule has 3 aromatic carbocycles. The molecule has 5 heteroatoms. The maximum absolute atomic E-state index is 13.0. The molecule has 0 saturated carbocycles. The number of halogens is 1. The topological polar surface area (TPSA) is 37.4 Å². The molecule has 26 heavy (non-hydrogen) atoms. The summed E-state index contributed by atoms with van der Waals surface area (Å²) in [5.41, 5.74) is 1.61. The van der Waals surface area contributed by atoms with E-state index in [2.05, 4.69) is 0 Å². The van der Waals surface area contributed by atoms with Crippen molar-refractivity contribution < 1.29 is 14.0 Å². The van der Waals surface area contributed by atoms with Crippen molar-refractivity contribution in [3.63, 3.8) is 0 Å². The van der Waals surface area contributed by atoms with Crippen LogP contribution in [0, 0.1) is 5.82 Å². The van der Waals surface area contributed by atoms with Gasteiger partial charge in [-0.25, -0.2) is 4.39 Å². The quantitative estimate of drug-likeness (QED) is 0.599. The van der Waals surface area contributed by atoms with E-state index in [-0.39, 0.29) is 23.5 Å². The van der Waals surface area contributed by atoms with Gasteiger partial charge in [-0.05, 0) is 51.9 Å². The van der Waals surface area contributed by atoms with Crippen LogP contribution in [0.15, 0.2) is 71.6 Å². The molecule has 3 nitrogen and oxygen atoms in total. The van der Waals surface area contributed by atoms with Crippen molar-refractivity contribution in [2.75, 3.05) is 0 Å². The number of hydrogen-bond donors (Lipinski definition) is 0. The summed E-state index contributed by atoms with van der Waals surface area (Å²) >= 11 is 0.910. The zero-order valence-electron chi connectivity index (χ0n) is 13.7. The minimum atomic E-state index is -0.341. The van der Waals surface area contributed by atoms with Crippen LogP contribution in [0.1, 0.15) is 11.1 Å². The number of nitrogens with zero attached hydrogens (tertiary/aromatic N) is 1. The molecule has 0 spiro atoms. The Morgan fingerprint density at radius 1 is 0.923 bits per heavy atom. The van der Waals surface area contributed by atoms with Gasteiger partial charge in [-0.3, -0.25) is 14.5 Å². The minimum Gasteiger partial charge on any atom is -0.268 e. The lowest BCUT2D eigenvalue weighted by Gasteiger charge is -2.14. The number of rotatable bonds is 3. The number of imide groups is 1. The van der Waals surface area contributed by atoms with E-state index in [1.165, 1.54) is 17.0 Å². The first-order valence-corrected chi connectivity index (χ1v) is 8.91. The summed E-state index contributed by atoms with van der Waals surface area (Å²) in [6.45, 7) is 0.229. The molecular formula is C21H14FNO2S. The molecule has 0 bridgehead atoms. The predicted octanol–water partition coefficient (Wildman–Crippen LogP) is 5.22. The van der Waals surface area contributed by atoms with Gasteiger partial charge in [0.05, 0.1) is 11.4 Å². The van der Waals surface area contributed by atoms with Gasteiger partial charge in [-0.2, -0.15) is 0 Å². The van der Waals surface area contributed by atoms with Crippen LogP contribution in [-0.4, -0.2) is 16.0 Å². The summed E-state index contributed by atoms with van der Waals surface area (Å²) in [5.74, 6) is -0.663. The molecule has 0 N–H and O–H groups in total. The molecule has 0 atom stereocenters. The highest BCUT2D eigenvalue weighted by atomic mass is 32.2. The molecule has 0 aromatic heterocycles. The summed E-state index contributed by atoms with van der Waals surface area (Å²) < 4.78 is 13.0. The minimum absolute atomic E-state index is 0.229. The average molecular weight is 363 g/mol. The monoisotopic (exact) mass is 363 g/mol. The SMILES string of the molecule is O=C1S/C(=C\c2ccc(F)cc2)C(=O)N1Cc1cccc2ccccc12. The highest BCUT2D eigenvalue weighted by Gasteiger charge is 2.35. The van der Waals surface area contributed by atoms with E-state index in [9.17, 15) is 14.0 Å². The fraction of sp³-hybridized carbons (Fsp3) is 0.0476. The van der Waals surface area contributed by atoms with Crippen LogP contribution >= 0.6 is 11.8 Å². The molecular weight excluding hydrogens is 349 g/mol. The van der Waals surface area contributed by atoms with Crippen LogP contribution < -0.4 is 0 Å². The second-order valence-electron chi connectivity index (χ2n) is 5.96. The molecule has 4 rings (SSSR count). The van der Waals surface area contributed by atoms with Crippen LogP contribution in [0.2, 0.25) is 0 Å². The van der Waals surface area contributed by atoms with Crippen LogP contribution in [0.3, 0.4) is 0 Å². The molecule has 1 saturated heterocycles. The average Bonchev–Trinajstić information content (AvgIpc) is 2.91. The Kier molecular flexibility index (Phi) is 4.31. The second kappa shape index (κ2) is 6.77. The zero-order chi connectivity index (χ0) is 18.1. The summed E-state index contributed by atoms with van der Waals surface area (Å²) in [6.07, 6.45) is 1.62. The fourth-order valence-corrected chi connectivity index (χ4v) is 3.79. The number of benzene rings is 3. The van der Waals surface area contributed by atoms with Gasteiger partial charge in [0.25, 0.3) is 11.1 Å². The van der Waals surface area contributed by atoms with Crippen molar-refractivity contribution in [2.24, 2.45) is 0 Å². The van der Waals surface area contributed by atoms with E-state index >= 15 is 0 Å². The molecule has 2 amide bonds. The van der Waals surface area contributed by atoms with Crippen LogP contribution in [0.25, 0.3) is 16.8 Å². The maximum atomic E-state index is 13.0. The molecule has 128 valence electrons. The van der Waals surface area contributed by atoms with Crippen molar-refractivity contribution >= 4 is 39.8 Å². The van der Waals surface area contributed by atoms with E-state index in [0.717, 1.165) is 28.1 Å². The molecule has 1 fully saturated rings. The Morgan fingerprint density at radius 2 is 1.65 bits per heavy atom. The Morgan fingerprint density at radius 3 is 2.46 bits per heavy atom. The maximum Gasteiger partial charge on any atom is 0.293 e. The molecule has 1 aliphatic rings. The van der Waals surface area contributed by atoms with Gasteiger partial charge >= 0.3 is 0 Å². The third-order valence-corrected chi connectivity index (χ3v) is 5.16. The third-order valence-electron chi connectivity index (χ3n) is 4.25. The Bertz CT molecular complexity index is 1040. The lowest BCUT2D eigenvalue weighted by Crippen LogP contribution is -2.27. The smallest absolute Gasteiger partial charge is 0.268 e. The third kappa shape index (κ3) is 3.13. The number of hydrogen-bond acceptors (Lipinski definition) is 3. The van der Waals surface area contributed by atoms with Gasteiger partial charge in [0.2, 0.25) is 0 Å². The van der Waals surface area contributed by atoms with Gasteiger partial charge in [0, 0.05) is 0 Å². The molecule has 0 radical (unpaired) electrons. The van der Waals surface area contributed by atoms with Crippen molar-refractivity contribution in [1.29, 1.82) is 0 Å². The molecule has 0 unspecified atom stereocenters. The number of thioether (sulfide) groups is 1. The van der Waals surface area contributed by atoms with Crippen LogP contribution in [-0.2, 0) is 11.3 Å². The normalized spacial score (nSPS) is 16.0. The van der Waals surface area contributed by atoms with Gasteiger partial charge in [-0.15, -0.1) is 0 Å². The first-order valence-electron chi connectivity index (χ1n) is 8.09. The first-order chi connectivity index (χ1) is 12.6. The van der Waals surface area contributed by atoms with E-state index in [4.69, 9.17) is 0 Å². The number of amides is 2. The standard InChI is InChI=1S/C21H14FNO2S/c22-17-10-8-14(9-11-17)12-19-20(24)23(21(25)26-19)13-16-6-3-5-15-4-1-2-7-18(15)16/h1-12H,13H2/b19-12-. The lowest BCUT2D eigenvalue weighted by molar-refractivity contribution is -0.123. The summed E-state index contributed by atoms with van der Waals surface area (Å²) in [4.78, 5) is 26.6. The highest BCUT2D eigenvalue weighted by Crippen LogP contribution is 2.34. The van der Waals surface area contributed by atoms with Gasteiger partial charge in [0.15, 0.2) is 0 Å². The summed E-state index contributed by atoms with van der Waals surface area (Å²) in [6, 6.07) is 19.5.